The van der Waals surface area contributed by atoms with Crippen molar-refractivity contribution in [2.24, 2.45) is 0 Å². The zero-order valence-corrected chi connectivity index (χ0v) is 21.3. The summed E-state index contributed by atoms with van der Waals surface area (Å²) >= 11 is 1.64. The van der Waals surface area contributed by atoms with E-state index in [0.29, 0.717) is 13.0 Å². The van der Waals surface area contributed by atoms with Crippen molar-refractivity contribution in [3.05, 3.63) is 57.6 Å². The molecule has 2 aromatic carbocycles. The summed E-state index contributed by atoms with van der Waals surface area (Å²) in [5, 5.41) is 0.813. The van der Waals surface area contributed by atoms with Gasteiger partial charge >= 0.3 is 0 Å². The Kier molecular flexibility index (Phi) is 7.47. The summed E-state index contributed by atoms with van der Waals surface area (Å²) in [5.74, 6) is 0.125. The normalized spacial score (nSPS) is 14.7. The lowest BCUT2D eigenvalue weighted by Gasteiger charge is -2.28. The van der Waals surface area contributed by atoms with E-state index in [1.54, 1.807) is 11.3 Å². The van der Waals surface area contributed by atoms with E-state index in [2.05, 4.69) is 63.8 Å². The number of morpholine rings is 1. The number of anilines is 1. The molecular weight excluding hydrogens is 430 g/mol. The smallest absolute Gasteiger partial charge is 0.233 e. The molecule has 5 nitrogen and oxygen atoms in total. The van der Waals surface area contributed by atoms with Gasteiger partial charge in [0.15, 0.2) is 5.13 Å². The Labute approximate surface area is 201 Å². The van der Waals surface area contributed by atoms with E-state index < -0.39 is 0 Å². The molecule has 0 unspecified atom stereocenters. The van der Waals surface area contributed by atoms with Crippen LogP contribution in [0.2, 0.25) is 0 Å². The van der Waals surface area contributed by atoms with Crippen LogP contribution in [-0.2, 0) is 16.0 Å². The Morgan fingerprint density at radius 1 is 1.00 bits per heavy atom. The Morgan fingerprint density at radius 3 is 2.33 bits per heavy atom. The zero-order chi connectivity index (χ0) is 23.5. The quantitative estimate of drug-likeness (QED) is 0.485. The number of ether oxygens (including phenoxy) is 1. The Hall–Kier alpha value is -2.28. The van der Waals surface area contributed by atoms with Crippen LogP contribution < -0.4 is 4.90 Å². The van der Waals surface area contributed by atoms with Crippen LogP contribution in [0.3, 0.4) is 0 Å². The van der Waals surface area contributed by atoms with E-state index in [9.17, 15) is 4.79 Å². The van der Waals surface area contributed by atoms with Gasteiger partial charge in [-0.1, -0.05) is 35.1 Å². The van der Waals surface area contributed by atoms with Crippen molar-refractivity contribution in [1.29, 1.82) is 0 Å². The van der Waals surface area contributed by atoms with Gasteiger partial charge < -0.3 is 4.74 Å². The molecule has 1 amide bonds. The summed E-state index contributed by atoms with van der Waals surface area (Å²) in [7, 11) is 0. The molecule has 0 aliphatic carbocycles. The molecule has 2 heterocycles. The predicted molar refractivity (Wildman–Crippen MR) is 138 cm³/mol. The van der Waals surface area contributed by atoms with Gasteiger partial charge in [-0.15, -0.1) is 0 Å². The number of hydrogen-bond acceptors (Lipinski definition) is 5. The van der Waals surface area contributed by atoms with Crippen molar-refractivity contribution < 1.29 is 9.53 Å². The summed E-state index contributed by atoms with van der Waals surface area (Å²) in [6.07, 6.45) is 1.33. The molecule has 1 saturated heterocycles. The molecule has 0 spiro atoms. The number of fused-ring (bicyclic) bond motifs is 1. The van der Waals surface area contributed by atoms with Gasteiger partial charge in [-0.05, 0) is 74.9 Å². The lowest BCUT2D eigenvalue weighted by atomic mass is 9.97. The van der Waals surface area contributed by atoms with Crippen LogP contribution in [0.5, 0.6) is 0 Å². The van der Waals surface area contributed by atoms with E-state index in [1.165, 1.54) is 32.5 Å². The third kappa shape index (κ3) is 5.62. The average molecular weight is 466 g/mol. The van der Waals surface area contributed by atoms with Crippen molar-refractivity contribution >= 4 is 32.6 Å². The lowest BCUT2D eigenvalue weighted by Crippen LogP contribution is -2.39. The second-order valence-corrected chi connectivity index (χ2v) is 10.3. The summed E-state index contributed by atoms with van der Waals surface area (Å²) < 4.78 is 6.64. The highest BCUT2D eigenvalue weighted by atomic mass is 32.1. The minimum absolute atomic E-state index is 0.125. The van der Waals surface area contributed by atoms with Gasteiger partial charge in [-0.3, -0.25) is 14.6 Å². The maximum atomic E-state index is 13.7. The van der Waals surface area contributed by atoms with Crippen LogP contribution in [0.1, 0.15) is 39.8 Å². The summed E-state index contributed by atoms with van der Waals surface area (Å²) in [6, 6.07) is 8.64. The van der Waals surface area contributed by atoms with E-state index in [-0.39, 0.29) is 5.91 Å². The van der Waals surface area contributed by atoms with Crippen molar-refractivity contribution in [1.82, 2.24) is 9.88 Å². The number of rotatable bonds is 7. The molecule has 0 radical (unpaired) electrons. The van der Waals surface area contributed by atoms with Crippen LogP contribution in [0.15, 0.2) is 24.3 Å². The highest BCUT2D eigenvalue weighted by molar-refractivity contribution is 7.22. The third-order valence-electron chi connectivity index (χ3n) is 6.47. The highest BCUT2D eigenvalue weighted by Gasteiger charge is 2.22. The number of thiazole rings is 1. The predicted octanol–water partition coefficient (Wildman–Crippen LogP) is 5.14. The number of nitrogens with zero attached hydrogens (tertiary/aromatic N) is 3. The van der Waals surface area contributed by atoms with Gasteiger partial charge in [0, 0.05) is 26.2 Å². The molecule has 0 atom stereocenters. The first kappa shape index (κ1) is 23.9. The lowest BCUT2D eigenvalue weighted by molar-refractivity contribution is -0.118. The molecule has 1 aliphatic rings. The Bertz CT molecular complexity index is 1120. The molecule has 0 N–H and O–H groups in total. The molecule has 0 bridgehead atoms. The molecule has 1 aliphatic heterocycles. The minimum Gasteiger partial charge on any atom is -0.379 e. The van der Waals surface area contributed by atoms with Gasteiger partial charge in [0.1, 0.15) is 0 Å². The fourth-order valence-corrected chi connectivity index (χ4v) is 5.88. The molecule has 1 fully saturated rings. The van der Waals surface area contributed by atoms with E-state index >= 15 is 0 Å². The molecule has 0 saturated carbocycles. The molecule has 6 heteroatoms. The number of aryl methyl sites for hydroxylation is 5. The number of benzene rings is 2. The first-order valence-corrected chi connectivity index (χ1v) is 12.7. The van der Waals surface area contributed by atoms with Crippen LogP contribution in [0, 0.1) is 34.6 Å². The highest BCUT2D eigenvalue weighted by Crippen LogP contribution is 2.33. The number of carbonyl (C=O) groups is 1. The molecular formula is C27H35N3O2S. The second-order valence-electron chi connectivity index (χ2n) is 9.33. The molecule has 4 rings (SSSR count). The zero-order valence-electron chi connectivity index (χ0n) is 20.5. The van der Waals surface area contributed by atoms with Crippen molar-refractivity contribution in [3.8, 4) is 0 Å². The molecule has 1 aromatic heterocycles. The molecule has 176 valence electrons. The van der Waals surface area contributed by atoms with Gasteiger partial charge in [0.05, 0.1) is 29.9 Å². The van der Waals surface area contributed by atoms with E-state index in [1.807, 2.05) is 4.90 Å². The average Bonchev–Trinajstić information content (AvgIpc) is 3.18. The largest absolute Gasteiger partial charge is 0.379 e. The van der Waals surface area contributed by atoms with Crippen LogP contribution >= 0.6 is 11.3 Å². The van der Waals surface area contributed by atoms with Crippen LogP contribution in [0.4, 0.5) is 5.13 Å². The topological polar surface area (TPSA) is 45.7 Å². The summed E-state index contributed by atoms with van der Waals surface area (Å²) in [5.41, 5.74) is 8.15. The fourth-order valence-electron chi connectivity index (χ4n) is 4.82. The third-order valence-corrected chi connectivity index (χ3v) is 7.70. The standard InChI is InChI=1S/C27H35N3O2S/c1-18-13-20(3)23(21(4)14-18)17-25(31)30(8-6-7-29-9-11-32-12-10-29)27-28-24-16-19(2)15-22(5)26(24)33-27/h13-16H,6-12,17H2,1-5H3. The van der Waals surface area contributed by atoms with E-state index in [0.717, 1.165) is 55.5 Å². The van der Waals surface area contributed by atoms with Gasteiger partial charge in [0.2, 0.25) is 5.91 Å². The van der Waals surface area contributed by atoms with E-state index in [4.69, 9.17) is 9.72 Å². The minimum atomic E-state index is 0.125. The molecule has 33 heavy (non-hydrogen) atoms. The maximum Gasteiger partial charge on any atom is 0.233 e. The number of hydrogen-bond donors (Lipinski definition) is 0. The Morgan fingerprint density at radius 2 is 1.64 bits per heavy atom. The molecule has 3 aromatic rings. The first-order valence-electron chi connectivity index (χ1n) is 11.9. The van der Waals surface area contributed by atoms with Gasteiger partial charge in [0.25, 0.3) is 0 Å². The van der Waals surface area contributed by atoms with Gasteiger partial charge in [-0.25, -0.2) is 4.98 Å². The van der Waals surface area contributed by atoms with Crippen LogP contribution in [0.25, 0.3) is 10.2 Å². The first-order chi connectivity index (χ1) is 15.8. The summed E-state index contributed by atoms with van der Waals surface area (Å²) in [6.45, 7) is 15.7. The monoisotopic (exact) mass is 465 g/mol. The second kappa shape index (κ2) is 10.3. The number of amides is 1. The fraction of sp³-hybridized carbons (Fsp3) is 0.481. The van der Waals surface area contributed by atoms with Crippen molar-refractivity contribution in [3.63, 3.8) is 0 Å². The number of carbonyl (C=O) groups excluding carboxylic acids is 1. The maximum absolute atomic E-state index is 13.7. The number of aromatic nitrogens is 1. The van der Waals surface area contributed by atoms with Crippen LogP contribution in [-0.4, -0.2) is 55.2 Å². The van der Waals surface area contributed by atoms with Gasteiger partial charge in [-0.2, -0.15) is 0 Å². The summed E-state index contributed by atoms with van der Waals surface area (Å²) in [4.78, 5) is 22.9. The van der Waals surface area contributed by atoms with Crippen molar-refractivity contribution in [2.75, 3.05) is 44.3 Å². The van der Waals surface area contributed by atoms with Crippen molar-refractivity contribution in [2.45, 2.75) is 47.5 Å². The Balaban J connectivity index is 1.59. The SMILES string of the molecule is Cc1cc(C)c(CC(=O)N(CCCN2CCOCC2)c2nc3cc(C)cc(C)c3s2)c(C)c1.